The quantitative estimate of drug-likeness (QED) is 0.656. The van der Waals surface area contributed by atoms with E-state index in [9.17, 15) is 0 Å². The van der Waals surface area contributed by atoms with Crippen LogP contribution in [0.5, 0.6) is 0 Å². The molecule has 0 spiro atoms. The molecule has 0 aliphatic carbocycles. The Morgan fingerprint density at radius 3 is 3.29 bits per heavy atom. The largest absolute Gasteiger partial charge is 0.353 e. The summed E-state index contributed by atoms with van der Waals surface area (Å²) in [6.45, 7) is -1.58. The number of nitrogens with zero attached hydrogens (tertiary/aromatic N) is 1. The summed E-state index contributed by atoms with van der Waals surface area (Å²) in [6, 6.07) is 7.89. The third-order valence-electron chi connectivity index (χ3n) is 2.68. The average molecular weight is 187 g/mol. The highest BCUT2D eigenvalue weighted by atomic mass is 14.8. The number of rotatable bonds is 0. The summed E-state index contributed by atoms with van der Waals surface area (Å²) in [7, 11) is 0. The number of aliphatic imine (C=N–C) groups is 1. The number of nitrogens with one attached hydrogen (secondary N) is 1. The van der Waals surface area contributed by atoms with Crippen LogP contribution in [0, 0.1) is 0 Å². The third kappa shape index (κ3) is 0.939. The Morgan fingerprint density at radius 1 is 1.43 bits per heavy atom. The number of aromatic amines is 1. The van der Waals surface area contributed by atoms with Crippen molar-refractivity contribution in [3.63, 3.8) is 0 Å². The highest BCUT2D eigenvalue weighted by Gasteiger charge is 2.15. The molecule has 0 atom stereocenters. The summed E-state index contributed by atoms with van der Waals surface area (Å²) in [6.07, 6.45) is 0.804. The molecule has 70 valence electrons. The predicted octanol–water partition coefficient (Wildman–Crippen LogP) is 2.53. The zero-order valence-corrected chi connectivity index (χ0v) is 7.67. The van der Waals surface area contributed by atoms with E-state index in [4.69, 9.17) is 4.11 Å². The van der Waals surface area contributed by atoms with Crippen LogP contribution in [0.4, 0.5) is 0 Å². The van der Waals surface area contributed by atoms with Crippen molar-refractivity contribution in [3.8, 4) is 0 Å². The molecular weight excluding hydrogens is 172 g/mol. The van der Waals surface area contributed by atoms with Gasteiger partial charge in [-0.15, -0.1) is 0 Å². The fraction of sp³-hybridized carbons (Fsp3) is 0.250. The van der Waals surface area contributed by atoms with Crippen molar-refractivity contribution in [2.45, 2.75) is 13.3 Å². The summed E-state index contributed by atoms with van der Waals surface area (Å²) >= 11 is 0. The summed E-state index contributed by atoms with van der Waals surface area (Å²) in [4.78, 5) is 7.34. The van der Waals surface area contributed by atoms with Gasteiger partial charge >= 0.3 is 0 Å². The maximum atomic E-state index is 7.51. The average Bonchev–Trinajstić information content (AvgIpc) is 2.65. The van der Waals surface area contributed by atoms with E-state index < -0.39 is 6.85 Å². The number of benzene rings is 1. The van der Waals surface area contributed by atoms with Crippen molar-refractivity contribution < 1.29 is 4.11 Å². The van der Waals surface area contributed by atoms with Gasteiger partial charge in [-0.25, -0.2) is 0 Å². The molecule has 14 heavy (non-hydrogen) atoms. The summed E-state index contributed by atoms with van der Waals surface area (Å²) in [5.74, 6) is 0. The van der Waals surface area contributed by atoms with Crippen LogP contribution in [-0.4, -0.2) is 17.2 Å². The summed E-state index contributed by atoms with van der Waals surface area (Å²) < 4.78 is 22.5. The van der Waals surface area contributed by atoms with Gasteiger partial charge in [0.15, 0.2) is 0 Å². The van der Waals surface area contributed by atoms with Gasteiger partial charge in [0.1, 0.15) is 0 Å². The van der Waals surface area contributed by atoms with Crippen molar-refractivity contribution in [2.24, 2.45) is 4.99 Å². The van der Waals surface area contributed by atoms with Crippen LogP contribution < -0.4 is 0 Å². The predicted molar refractivity (Wildman–Crippen MR) is 59.1 cm³/mol. The molecule has 1 aromatic carbocycles. The molecule has 0 amide bonds. The minimum atomic E-state index is -2.14. The Hall–Kier alpha value is -1.57. The second kappa shape index (κ2) is 2.71. The lowest BCUT2D eigenvalue weighted by Crippen LogP contribution is -2.08. The van der Waals surface area contributed by atoms with Gasteiger partial charge in [-0.3, -0.25) is 4.99 Å². The van der Waals surface area contributed by atoms with E-state index >= 15 is 0 Å². The van der Waals surface area contributed by atoms with Crippen LogP contribution in [0.2, 0.25) is 0 Å². The van der Waals surface area contributed by atoms with Gasteiger partial charge in [0.25, 0.3) is 0 Å². The number of hydrogen-bond acceptors (Lipinski definition) is 1. The molecule has 2 heteroatoms. The second-order valence-corrected chi connectivity index (χ2v) is 3.50. The third-order valence-corrected chi connectivity index (χ3v) is 2.68. The van der Waals surface area contributed by atoms with Gasteiger partial charge in [-0.05, 0) is 24.9 Å². The maximum absolute atomic E-state index is 7.51. The molecule has 0 bridgehead atoms. The molecule has 2 aromatic rings. The minimum Gasteiger partial charge on any atom is -0.353 e. The summed E-state index contributed by atoms with van der Waals surface area (Å²) in [5, 5.41) is 1.11. The first kappa shape index (κ1) is 5.35. The number of fused-ring (bicyclic) bond motifs is 3. The van der Waals surface area contributed by atoms with Gasteiger partial charge < -0.3 is 4.98 Å². The lowest BCUT2D eigenvalue weighted by atomic mass is 10.0. The van der Waals surface area contributed by atoms with Gasteiger partial charge in [0.05, 0.1) is 11.4 Å². The van der Waals surface area contributed by atoms with Crippen LogP contribution in [0.25, 0.3) is 10.9 Å². The molecule has 1 aliphatic rings. The second-order valence-electron chi connectivity index (χ2n) is 3.50. The van der Waals surface area contributed by atoms with Crippen molar-refractivity contribution in [3.05, 3.63) is 35.5 Å². The van der Waals surface area contributed by atoms with Crippen LogP contribution in [0.1, 0.15) is 22.2 Å². The number of hydrogen-bond donors (Lipinski definition) is 1. The number of aromatic nitrogens is 1. The topological polar surface area (TPSA) is 28.1 Å². The fourth-order valence-corrected chi connectivity index (χ4v) is 2.02. The van der Waals surface area contributed by atoms with Gasteiger partial charge in [-0.2, -0.15) is 0 Å². The number of H-pyrrole nitrogens is 1. The maximum Gasteiger partial charge on any atom is 0.0635 e. The Balaban J connectivity index is 2.27. The molecule has 1 aliphatic heterocycles. The molecule has 2 nitrogen and oxygen atoms in total. The van der Waals surface area contributed by atoms with Crippen LogP contribution in [-0.2, 0) is 6.42 Å². The van der Waals surface area contributed by atoms with E-state index in [1.807, 2.05) is 24.3 Å². The first-order chi connectivity index (χ1) is 8.07. The smallest absolute Gasteiger partial charge is 0.0635 e. The van der Waals surface area contributed by atoms with Gasteiger partial charge in [-0.1, -0.05) is 18.2 Å². The highest BCUT2D eigenvalue weighted by molar-refractivity contribution is 6.04. The van der Waals surface area contributed by atoms with Crippen molar-refractivity contribution in [1.29, 1.82) is 0 Å². The Morgan fingerprint density at radius 2 is 2.36 bits per heavy atom. The first-order valence-corrected chi connectivity index (χ1v) is 4.72. The Kier molecular flexibility index (Phi) is 1.03. The van der Waals surface area contributed by atoms with Crippen molar-refractivity contribution >= 4 is 16.6 Å². The Bertz CT molecular complexity index is 608. The lowest BCUT2D eigenvalue weighted by molar-refractivity contribution is 0.945. The summed E-state index contributed by atoms with van der Waals surface area (Å²) in [5.41, 5.74) is 2.98. The van der Waals surface area contributed by atoms with Gasteiger partial charge in [0.2, 0.25) is 0 Å². The molecule has 0 radical (unpaired) electrons. The normalized spacial score (nSPS) is 19.4. The van der Waals surface area contributed by atoms with E-state index in [1.54, 1.807) is 0 Å². The zero-order chi connectivity index (χ0) is 12.0. The van der Waals surface area contributed by atoms with Crippen molar-refractivity contribution in [1.82, 2.24) is 4.98 Å². The van der Waals surface area contributed by atoms with E-state index in [0.717, 1.165) is 22.9 Å². The molecule has 1 N–H and O–H groups in total. The molecule has 0 saturated carbocycles. The molecule has 0 saturated heterocycles. The highest BCUT2D eigenvalue weighted by Crippen LogP contribution is 2.25. The molecule has 2 heterocycles. The molecule has 1 aromatic heterocycles. The lowest BCUT2D eigenvalue weighted by Gasteiger charge is -2.08. The SMILES string of the molecule is [2H]C([2H])([2H])C1=NCCc2c1[nH]c1ccccc21. The van der Waals surface area contributed by atoms with Crippen LogP contribution >= 0.6 is 0 Å². The molecule has 0 fully saturated rings. The van der Waals surface area contributed by atoms with E-state index in [1.165, 1.54) is 0 Å². The monoisotopic (exact) mass is 187 g/mol. The van der Waals surface area contributed by atoms with E-state index in [2.05, 4.69) is 9.98 Å². The van der Waals surface area contributed by atoms with Crippen LogP contribution in [0.3, 0.4) is 0 Å². The van der Waals surface area contributed by atoms with Crippen LogP contribution in [0.15, 0.2) is 29.3 Å². The first-order valence-electron chi connectivity index (χ1n) is 6.22. The van der Waals surface area contributed by atoms with Crippen molar-refractivity contribution in [2.75, 3.05) is 6.54 Å². The molecule has 0 unspecified atom stereocenters. The van der Waals surface area contributed by atoms with Gasteiger partial charge in [0, 0.05) is 21.6 Å². The molecular formula is C12H12N2. The van der Waals surface area contributed by atoms with E-state index in [0.29, 0.717) is 12.2 Å². The van der Waals surface area contributed by atoms with E-state index in [-0.39, 0.29) is 5.71 Å². The standard InChI is InChI=1S/C12H12N2/c1-8-12-10(6-7-13-8)9-4-2-3-5-11(9)14-12/h2-5,14H,6-7H2,1H3/i1D3. The zero-order valence-electron chi connectivity index (χ0n) is 10.7. The molecule has 3 rings (SSSR count). The fourth-order valence-electron chi connectivity index (χ4n) is 2.02. The minimum absolute atomic E-state index is 0.218. The Labute approximate surface area is 86.9 Å². The number of para-hydroxylation sites is 1.